The lowest BCUT2D eigenvalue weighted by Gasteiger charge is -2.26. The Labute approximate surface area is 325 Å². The maximum absolute atomic E-state index is 2.36. The van der Waals surface area contributed by atoms with Crippen LogP contribution < -0.4 is 4.90 Å². The highest BCUT2D eigenvalue weighted by Gasteiger charge is 2.17. The monoisotopic (exact) mass is 712 g/mol. The van der Waals surface area contributed by atoms with E-state index in [1.54, 1.807) is 0 Å². The number of hydrogen-bond donors (Lipinski definition) is 0. The summed E-state index contributed by atoms with van der Waals surface area (Å²) in [6.45, 7) is 0. The first-order valence-corrected chi connectivity index (χ1v) is 19.3. The van der Waals surface area contributed by atoms with Gasteiger partial charge in [-0.05, 0) is 121 Å². The molecule has 262 valence electrons. The van der Waals surface area contributed by atoms with Crippen molar-refractivity contribution in [3.63, 3.8) is 0 Å². The van der Waals surface area contributed by atoms with E-state index >= 15 is 0 Å². The molecule has 1 heterocycles. The third kappa shape index (κ3) is 5.26. The molecule has 0 N–H and O–H groups in total. The molecule has 0 radical (unpaired) electrons. The second kappa shape index (κ2) is 13.2. The second-order valence-electron chi connectivity index (χ2n) is 14.5. The molecule has 0 aliphatic carbocycles. The molecule has 0 spiro atoms. The minimum Gasteiger partial charge on any atom is -0.310 e. The van der Waals surface area contributed by atoms with Crippen molar-refractivity contribution >= 4 is 71.2 Å². The van der Waals surface area contributed by atoms with Crippen molar-refractivity contribution in [2.24, 2.45) is 0 Å². The van der Waals surface area contributed by atoms with Gasteiger partial charge in [0, 0.05) is 33.5 Å². The van der Waals surface area contributed by atoms with Crippen molar-refractivity contribution in [2.45, 2.75) is 0 Å². The summed E-state index contributed by atoms with van der Waals surface area (Å²) in [4.78, 5) is 2.36. The zero-order chi connectivity index (χ0) is 37.0. The van der Waals surface area contributed by atoms with Crippen LogP contribution in [0.5, 0.6) is 0 Å². The Morgan fingerprint density at radius 2 is 0.679 bits per heavy atom. The summed E-state index contributed by atoms with van der Waals surface area (Å²) in [6, 6.07) is 79.3. The molecule has 0 unspecified atom stereocenters. The smallest absolute Gasteiger partial charge is 0.0541 e. The first-order valence-electron chi connectivity index (χ1n) is 19.3. The Hall–Kier alpha value is -7.42. The maximum atomic E-state index is 2.36. The van der Waals surface area contributed by atoms with E-state index in [2.05, 4.69) is 228 Å². The lowest BCUT2D eigenvalue weighted by molar-refractivity contribution is 1.18. The molecule has 11 aromatic rings. The topological polar surface area (TPSA) is 8.17 Å². The molecule has 0 saturated carbocycles. The zero-order valence-electron chi connectivity index (χ0n) is 30.7. The van der Waals surface area contributed by atoms with E-state index in [0.717, 1.165) is 17.1 Å². The summed E-state index contributed by atoms with van der Waals surface area (Å²) in [6.07, 6.45) is 0. The van der Waals surface area contributed by atoms with E-state index in [1.807, 2.05) is 0 Å². The van der Waals surface area contributed by atoms with Crippen LogP contribution in [0.1, 0.15) is 0 Å². The molecule has 56 heavy (non-hydrogen) atoms. The van der Waals surface area contributed by atoms with Crippen LogP contribution in [-0.4, -0.2) is 4.57 Å². The Bertz CT molecular complexity index is 3180. The summed E-state index contributed by atoms with van der Waals surface area (Å²) in [5, 5.41) is 10.2. The standard InChI is InChI=1S/C54H36N2/c1-3-13-41(14-4-1)55(44-32-33-49-47-19-8-7-17-45(47)46-18-9-10-20-48(46)51(49)36-44)43-30-27-38(28-31-43)37-23-25-39(26-24-37)40-29-34-54-52(35-40)50-21-11-12-22-53(50)56(54)42-15-5-2-6-16-42/h1-36H. The third-order valence-electron chi connectivity index (χ3n) is 11.4. The summed E-state index contributed by atoms with van der Waals surface area (Å²) in [5.74, 6) is 0. The van der Waals surface area contributed by atoms with Crippen LogP contribution >= 0.6 is 0 Å². The van der Waals surface area contributed by atoms with Gasteiger partial charge in [0.15, 0.2) is 0 Å². The van der Waals surface area contributed by atoms with Gasteiger partial charge in [-0.3, -0.25) is 0 Å². The Balaban J connectivity index is 0.946. The van der Waals surface area contributed by atoms with Gasteiger partial charge in [0.1, 0.15) is 0 Å². The molecule has 0 aliphatic heterocycles. The molecule has 0 bridgehead atoms. The molecular weight excluding hydrogens is 677 g/mol. The van der Waals surface area contributed by atoms with Gasteiger partial charge in [-0.1, -0.05) is 152 Å². The van der Waals surface area contributed by atoms with Crippen molar-refractivity contribution in [1.29, 1.82) is 0 Å². The molecule has 0 fully saturated rings. The highest BCUT2D eigenvalue weighted by atomic mass is 15.1. The van der Waals surface area contributed by atoms with Gasteiger partial charge in [0.25, 0.3) is 0 Å². The quantitative estimate of drug-likeness (QED) is 0.156. The van der Waals surface area contributed by atoms with Crippen molar-refractivity contribution in [3.8, 4) is 27.9 Å². The molecular formula is C54H36N2. The van der Waals surface area contributed by atoms with Crippen LogP contribution in [-0.2, 0) is 0 Å². The molecule has 0 aliphatic rings. The van der Waals surface area contributed by atoms with E-state index in [9.17, 15) is 0 Å². The lowest BCUT2D eigenvalue weighted by Crippen LogP contribution is -2.09. The maximum Gasteiger partial charge on any atom is 0.0541 e. The fraction of sp³-hybridized carbons (Fsp3) is 0. The number of benzene rings is 10. The Morgan fingerprint density at radius 3 is 1.32 bits per heavy atom. The highest BCUT2D eigenvalue weighted by Crippen LogP contribution is 2.41. The highest BCUT2D eigenvalue weighted by molar-refractivity contribution is 6.25. The minimum atomic E-state index is 1.11. The normalized spacial score (nSPS) is 11.6. The summed E-state index contributed by atoms with van der Waals surface area (Å²) < 4.78 is 2.36. The van der Waals surface area contributed by atoms with Crippen molar-refractivity contribution in [2.75, 3.05) is 4.90 Å². The fourth-order valence-electron chi connectivity index (χ4n) is 8.72. The molecule has 2 heteroatoms. The third-order valence-corrected chi connectivity index (χ3v) is 11.4. The molecule has 10 aromatic carbocycles. The largest absolute Gasteiger partial charge is 0.310 e. The lowest BCUT2D eigenvalue weighted by atomic mass is 9.94. The van der Waals surface area contributed by atoms with Crippen LogP contribution in [0.3, 0.4) is 0 Å². The van der Waals surface area contributed by atoms with E-state index in [1.165, 1.54) is 82.1 Å². The van der Waals surface area contributed by atoms with Crippen LogP contribution in [0.4, 0.5) is 17.1 Å². The molecule has 0 saturated heterocycles. The fourth-order valence-corrected chi connectivity index (χ4v) is 8.72. The van der Waals surface area contributed by atoms with E-state index in [0.29, 0.717) is 0 Å². The van der Waals surface area contributed by atoms with Gasteiger partial charge < -0.3 is 9.47 Å². The van der Waals surface area contributed by atoms with Gasteiger partial charge in [-0.2, -0.15) is 0 Å². The van der Waals surface area contributed by atoms with E-state index in [4.69, 9.17) is 0 Å². The number of anilines is 3. The van der Waals surface area contributed by atoms with E-state index < -0.39 is 0 Å². The molecule has 0 amide bonds. The average Bonchev–Trinajstić information content (AvgIpc) is 3.61. The number of hydrogen-bond acceptors (Lipinski definition) is 1. The predicted molar refractivity (Wildman–Crippen MR) is 239 cm³/mol. The van der Waals surface area contributed by atoms with Crippen LogP contribution in [0.15, 0.2) is 218 Å². The molecule has 2 nitrogen and oxygen atoms in total. The summed E-state index contributed by atoms with van der Waals surface area (Å²) in [5.41, 5.74) is 11.8. The number of para-hydroxylation sites is 3. The van der Waals surface area contributed by atoms with Crippen molar-refractivity contribution in [3.05, 3.63) is 218 Å². The molecule has 11 rings (SSSR count). The van der Waals surface area contributed by atoms with Crippen LogP contribution in [0, 0.1) is 0 Å². The van der Waals surface area contributed by atoms with Crippen molar-refractivity contribution in [1.82, 2.24) is 4.57 Å². The van der Waals surface area contributed by atoms with Gasteiger partial charge in [-0.25, -0.2) is 0 Å². The van der Waals surface area contributed by atoms with Crippen LogP contribution in [0.2, 0.25) is 0 Å². The molecule has 0 atom stereocenters. The Morgan fingerprint density at radius 1 is 0.250 bits per heavy atom. The Kier molecular flexibility index (Phi) is 7.53. The van der Waals surface area contributed by atoms with Gasteiger partial charge >= 0.3 is 0 Å². The number of nitrogens with zero attached hydrogens (tertiary/aromatic N) is 2. The van der Waals surface area contributed by atoms with Crippen LogP contribution in [0.25, 0.3) is 82.1 Å². The summed E-state index contributed by atoms with van der Waals surface area (Å²) >= 11 is 0. The number of fused-ring (bicyclic) bond motifs is 9. The second-order valence-corrected chi connectivity index (χ2v) is 14.5. The average molecular weight is 713 g/mol. The minimum absolute atomic E-state index is 1.11. The SMILES string of the molecule is c1ccc(N(c2ccc(-c3ccc(-c4ccc5c(c4)c4ccccc4n5-c4ccccc4)cc3)cc2)c2ccc3c4ccccc4c4ccccc4c3c2)cc1. The predicted octanol–water partition coefficient (Wildman–Crippen LogP) is 15.0. The van der Waals surface area contributed by atoms with Crippen molar-refractivity contribution < 1.29 is 0 Å². The van der Waals surface area contributed by atoms with Gasteiger partial charge in [-0.15, -0.1) is 0 Å². The first kappa shape index (κ1) is 32.0. The number of rotatable bonds is 6. The zero-order valence-corrected chi connectivity index (χ0v) is 30.7. The van der Waals surface area contributed by atoms with E-state index in [-0.39, 0.29) is 0 Å². The van der Waals surface area contributed by atoms with Gasteiger partial charge in [0.05, 0.1) is 11.0 Å². The summed E-state index contributed by atoms with van der Waals surface area (Å²) in [7, 11) is 0. The van der Waals surface area contributed by atoms with Gasteiger partial charge in [0.2, 0.25) is 0 Å². The molecule has 1 aromatic heterocycles. The number of aromatic nitrogens is 1. The first-order chi connectivity index (χ1) is 27.8.